The molecule has 130 valence electrons. The zero-order valence-electron chi connectivity index (χ0n) is 14.1. The first-order chi connectivity index (χ1) is 11.5. The first-order valence-electron chi connectivity index (χ1n) is 8.25. The van der Waals surface area contributed by atoms with E-state index in [1.54, 1.807) is 13.1 Å². The molecule has 7 heteroatoms. The standard InChI is InChI=1S/C17H24N4O2S/c1-3-24(22,23)19-10-17-13-20(12-16-8-9-18-21(16)17)11-15-7-5-4-6-14(15)2/h4-9,17,19H,3,10-13H2,1-2H3/t17-/m0/s1. The molecule has 0 radical (unpaired) electrons. The maximum atomic E-state index is 11.8. The Hall–Kier alpha value is -1.70. The van der Waals surface area contributed by atoms with Crippen LogP contribution in [0.5, 0.6) is 0 Å². The van der Waals surface area contributed by atoms with Crippen molar-refractivity contribution >= 4 is 10.0 Å². The molecule has 0 aliphatic carbocycles. The molecular formula is C17H24N4O2S. The van der Waals surface area contributed by atoms with Gasteiger partial charge in [-0.3, -0.25) is 9.58 Å². The van der Waals surface area contributed by atoms with E-state index < -0.39 is 10.0 Å². The second-order valence-electron chi connectivity index (χ2n) is 6.27. The maximum absolute atomic E-state index is 11.8. The topological polar surface area (TPSA) is 67.2 Å². The van der Waals surface area contributed by atoms with Crippen LogP contribution < -0.4 is 4.72 Å². The van der Waals surface area contributed by atoms with Crippen molar-refractivity contribution in [2.24, 2.45) is 0 Å². The van der Waals surface area contributed by atoms with Crippen molar-refractivity contribution in [3.8, 4) is 0 Å². The number of aryl methyl sites for hydroxylation is 1. The van der Waals surface area contributed by atoms with Crippen LogP contribution in [0.25, 0.3) is 0 Å². The van der Waals surface area contributed by atoms with Crippen LogP contribution in [0, 0.1) is 6.92 Å². The molecule has 0 unspecified atom stereocenters. The second-order valence-corrected chi connectivity index (χ2v) is 8.36. The zero-order chi connectivity index (χ0) is 17.2. The van der Waals surface area contributed by atoms with E-state index in [9.17, 15) is 8.42 Å². The van der Waals surface area contributed by atoms with Crippen molar-refractivity contribution in [2.75, 3.05) is 18.8 Å². The molecule has 0 saturated heterocycles. The fraction of sp³-hybridized carbons (Fsp3) is 0.471. The highest BCUT2D eigenvalue weighted by Gasteiger charge is 2.26. The molecule has 0 bridgehead atoms. The van der Waals surface area contributed by atoms with Gasteiger partial charge >= 0.3 is 0 Å². The van der Waals surface area contributed by atoms with Crippen molar-refractivity contribution in [3.63, 3.8) is 0 Å². The number of hydrogen-bond acceptors (Lipinski definition) is 4. The summed E-state index contributed by atoms with van der Waals surface area (Å²) in [5.41, 5.74) is 3.70. The molecule has 1 atom stereocenters. The van der Waals surface area contributed by atoms with Crippen LogP contribution in [0.1, 0.15) is 29.8 Å². The van der Waals surface area contributed by atoms with Gasteiger partial charge in [0.2, 0.25) is 10.0 Å². The molecule has 6 nitrogen and oxygen atoms in total. The molecule has 1 N–H and O–H groups in total. The van der Waals surface area contributed by atoms with Gasteiger partial charge in [0, 0.05) is 32.4 Å². The highest BCUT2D eigenvalue weighted by molar-refractivity contribution is 7.89. The van der Waals surface area contributed by atoms with E-state index in [4.69, 9.17) is 0 Å². The highest BCUT2D eigenvalue weighted by atomic mass is 32.2. The highest BCUT2D eigenvalue weighted by Crippen LogP contribution is 2.22. The average Bonchev–Trinajstić information content (AvgIpc) is 3.03. The van der Waals surface area contributed by atoms with Gasteiger partial charge in [0.1, 0.15) is 0 Å². The van der Waals surface area contributed by atoms with Gasteiger partial charge in [-0.25, -0.2) is 13.1 Å². The fourth-order valence-electron chi connectivity index (χ4n) is 3.09. The Morgan fingerprint density at radius 1 is 1.29 bits per heavy atom. The summed E-state index contributed by atoms with van der Waals surface area (Å²) in [6.45, 7) is 6.59. The fourth-order valence-corrected chi connectivity index (χ4v) is 3.74. The minimum absolute atomic E-state index is 0.00842. The molecule has 1 aliphatic rings. The molecular weight excluding hydrogens is 324 g/mol. The summed E-state index contributed by atoms with van der Waals surface area (Å²) < 4.78 is 28.2. The molecule has 0 spiro atoms. The van der Waals surface area contributed by atoms with Gasteiger partial charge in [-0.1, -0.05) is 24.3 Å². The Balaban J connectivity index is 1.75. The molecule has 3 rings (SSSR count). The molecule has 0 saturated carbocycles. The summed E-state index contributed by atoms with van der Waals surface area (Å²) in [6, 6.07) is 10.4. The van der Waals surface area contributed by atoms with Gasteiger partial charge in [-0.05, 0) is 31.0 Å². The molecule has 0 fully saturated rings. The summed E-state index contributed by atoms with van der Waals surface area (Å²) in [5.74, 6) is 0.0958. The van der Waals surface area contributed by atoms with Gasteiger partial charge < -0.3 is 0 Å². The Morgan fingerprint density at radius 3 is 2.83 bits per heavy atom. The summed E-state index contributed by atoms with van der Waals surface area (Å²) in [5, 5.41) is 4.38. The van der Waals surface area contributed by atoms with Crippen molar-refractivity contribution in [3.05, 3.63) is 53.3 Å². The quantitative estimate of drug-likeness (QED) is 0.863. The van der Waals surface area contributed by atoms with E-state index in [1.165, 1.54) is 11.1 Å². The van der Waals surface area contributed by atoms with Gasteiger partial charge in [0.25, 0.3) is 0 Å². The van der Waals surface area contributed by atoms with Gasteiger partial charge in [-0.15, -0.1) is 0 Å². The SMILES string of the molecule is CCS(=O)(=O)NC[C@H]1CN(Cc2ccccc2C)Cc2ccnn21. The van der Waals surface area contributed by atoms with E-state index >= 15 is 0 Å². The lowest BCUT2D eigenvalue weighted by Gasteiger charge is -2.34. The minimum atomic E-state index is -3.20. The summed E-state index contributed by atoms with van der Waals surface area (Å²) in [6.07, 6.45) is 1.79. The number of fused-ring (bicyclic) bond motifs is 1. The lowest BCUT2D eigenvalue weighted by atomic mass is 10.1. The van der Waals surface area contributed by atoms with E-state index in [0.717, 1.165) is 25.3 Å². The van der Waals surface area contributed by atoms with Crippen LogP contribution in [-0.4, -0.2) is 41.9 Å². The lowest BCUT2D eigenvalue weighted by molar-refractivity contribution is 0.167. The van der Waals surface area contributed by atoms with Crippen molar-refractivity contribution in [1.29, 1.82) is 0 Å². The summed E-state index contributed by atoms with van der Waals surface area (Å²) >= 11 is 0. The number of rotatable bonds is 6. The van der Waals surface area contributed by atoms with Crippen molar-refractivity contribution in [2.45, 2.75) is 33.0 Å². The van der Waals surface area contributed by atoms with E-state index in [-0.39, 0.29) is 11.8 Å². The lowest BCUT2D eigenvalue weighted by Crippen LogP contribution is -2.43. The zero-order valence-corrected chi connectivity index (χ0v) is 15.0. The van der Waals surface area contributed by atoms with Crippen molar-refractivity contribution < 1.29 is 8.42 Å². The molecule has 1 aromatic heterocycles. The van der Waals surface area contributed by atoms with E-state index in [1.807, 2.05) is 16.8 Å². The third-order valence-corrected chi connectivity index (χ3v) is 5.89. The van der Waals surface area contributed by atoms with Gasteiger partial charge in [-0.2, -0.15) is 5.10 Å². The Labute approximate surface area is 143 Å². The number of nitrogens with zero attached hydrogens (tertiary/aromatic N) is 3. The monoisotopic (exact) mass is 348 g/mol. The summed E-state index contributed by atoms with van der Waals surface area (Å²) in [4.78, 5) is 2.35. The van der Waals surface area contributed by atoms with E-state index in [2.05, 4.69) is 39.8 Å². The number of aromatic nitrogens is 2. The third kappa shape index (κ3) is 3.85. The largest absolute Gasteiger partial charge is 0.291 e. The van der Waals surface area contributed by atoms with Crippen molar-refractivity contribution in [1.82, 2.24) is 19.4 Å². The van der Waals surface area contributed by atoms with Crippen LogP contribution in [0.4, 0.5) is 0 Å². The van der Waals surface area contributed by atoms with Crippen LogP contribution in [0.15, 0.2) is 36.5 Å². The van der Waals surface area contributed by atoms with Crippen LogP contribution in [0.3, 0.4) is 0 Å². The normalized spacial score (nSPS) is 18.5. The van der Waals surface area contributed by atoms with Crippen LogP contribution in [0.2, 0.25) is 0 Å². The molecule has 24 heavy (non-hydrogen) atoms. The van der Waals surface area contributed by atoms with E-state index in [0.29, 0.717) is 6.54 Å². The summed E-state index contributed by atoms with van der Waals surface area (Å²) in [7, 11) is -3.20. The molecule has 1 aromatic carbocycles. The molecule has 2 aromatic rings. The second kappa shape index (κ2) is 7.04. The minimum Gasteiger partial charge on any atom is -0.291 e. The number of hydrogen-bond donors (Lipinski definition) is 1. The first-order valence-corrected chi connectivity index (χ1v) is 9.90. The Kier molecular flexibility index (Phi) is 5.03. The number of nitrogens with one attached hydrogen (secondary N) is 1. The van der Waals surface area contributed by atoms with Gasteiger partial charge in [0.15, 0.2) is 0 Å². The van der Waals surface area contributed by atoms with Gasteiger partial charge in [0.05, 0.1) is 17.5 Å². The average molecular weight is 348 g/mol. The number of sulfonamides is 1. The maximum Gasteiger partial charge on any atom is 0.211 e. The van der Waals surface area contributed by atoms with Crippen LogP contribution >= 0.6 is 0 Å². The third-order valence-electron chi connectivity index (χ3n) is 4.53. The predicted molar refractivity (Wildman–Crippen MR) is 94.0 cm³/mol. The Morgan fingerprint density at radius 2 is 2.08 bits per heavy atom. The molecule has 2 heterocycles. The predicted octanol–water partition coefficient (Wildman–Crippen LogP) is 1.69. The molecule has 1 aliphatic heterocycles. The molecule has 0 amide bonds. The first kappa shape index (κ1) is 17.1. The van der Waals surface area contributed by atoms with Crippen LogP contribution in [-0.2, 0) is 23.1 Å². The number of benzene rings is 1. The smallest absolute Gasteiger partial charge is 0.211 e. The Bertz CT molecular complexity index is 800.